The Morgan fingerprint density at radius 2 is 1.66 bits per heavy atom. The van der Waals surface area contributed by atoms with E-state index < -0.39 is 0 Å². The molecule has 5 aromatic rings. The second-order valence-electron chi connectivity index (χ2n) is 9.60. The molecule has 164 valence electrons. The number of rotatable bonds is 5. The van der Waals surface area contributed by atoms with Crippen molar-refractivity contribution in [3.8, 4) is 11.3 Å². The quantitative estimate of drug-likeness (QED) is 0.284. The number of aryl methyl sites for hydroxylation is 1. The molecule has 0 saturated heterocycles. The number of nitrogens with zero attached hydrogens (tertiary/aromatic N) is 2. The van der Waals surface area contributed by atoms with E-state index in [-0.39, 0.29) is 5.41 Å². The molecule has 0 aliphatic rings. The second kappa shape index (κ2) is 7.51. The molecule has 0 N–H and O–H groups in total. The molecule has 32 heavy (non-hydrogen) atoms. The van der Waals surface area contributed by atoms with Gasteiger partial charge in [-0.05, 0) is 41.4 Å². The Balaban J connectivity index is 2.02. The van der Waals surface area contributed by atoms with E-state index in [1.165, 1.54) is 33.2 Å². The third-order valence-electron chi connectivity index (χ3n) is 7.58. The van der Waals surface area contributed by atoms with Gasteiger partial charge in [0.25, 0.3) is 0 Å². The molecule has 0 aliphatic carbocycles. The molecule has 2 heterocycles. The lowest BCUT2D eigenvalue weighted by molar-refractivity contribution is 0.443. The van der Waals surface area contributed by atoms with Gasteiger partial charge in [0, 0.05) is 34.2 Å². The Morgan fingerprint density at radius 1 is 0.938 bits per heavy atom. The molecule has 0 saturated carbocycles. The molecule has 5 rings (SSSR count). The fraction of sp³-hybridized carbons (Fsp3) is 0.345. The van der Waals surface area contributed by atoms with Crippen molar-refractivity contribution in [1.29, 1.82) is 0 Å². The third kappa shape index (κ3) is 2.83. The van der Waals surface area contributed by atoms with Crippen molar-refractivity contribution in [1.82, 2.24) is 9.78 Å². The number of hydrogen-bond donors (Lipinski definition) is 0. The zero-order chi connectivity index (χ0) is 22.6. The van der Waals surface area contributed by atoms with Crippen LogP contribution in [0.15, 0.2) is 59.2 Å². The molecule has 0 fully saturated rings. The van der Waals surface area contributed by atoms with Crippen LogP contribution in [-0.2, 0) is 12.5 Å². The average molecular weight is 425 g/mol. The summed E-state index contributed by atoms with van der Waals surface area (Å²) in [5, 5.41) is 9.89. The topological polar surface area (TPSA) is 31.0 Å². The first-order chi connectivity index (χ1) is 15.4. The van der Waals surface area contributed by atoms with Gasteiger partial charge in [-0.2, -0.15) is 5.10 Å². The number of fused-ring (bicyclic) bond motifs is 6. The van der Waals surface area contributed by atoms with E-state index in [1.54, 1.807) is 0 Å². The third-order valence-corrected chi connectivity index (χ3v) is 7.58. The molecule has 2 aromatic heterocycles. The van der Waals surface area contributed by atoms with Gasteiger partial charge in [-0.15, -0.1) is 0 Å². The molecule has 0 bridgehead atoms. The Kier molecular flexibility index (Phi) is 4.88. The standard InChI is InChI=1S/C29H32N2O/c1-7-29(5,8-2)23-15-11-14-21-24(23)26-25(22-16-17-32-28(21)22)27(31(6)30-26)20-13-10-9-12-19(20)18(3)4/h9-18H,7-8H2,1-6H3. The van der Waals surface area contributed by atoms with Crippen LogP contribution in [0, 0.1) is 0 Å². The largest absolute Gasteiger partial charge is 0.464 e. The summed E-state index contributed by atoms with van der Waals surface area (Å²) >= 11 is 0. The molecule has 3 heteroatoms. The zero-order valence-corrected chi connectivity index (χ0v) is 20.0. The van der Waals surface area contributed by atoms with Gasteiger partial charge in [-0.3, -0.25) is 4.68 Å². The predicted molar refractivity (Wildman–Crippen MR) is 135 cm³/mol. The molecular formula is C29H32N2O. The Bertz CT molecular complexity index is 1450. The van der Waals surface area contributed by atoms with Crippen molar-refractivity contribution >= 4 is 32.6 Å². The van der Waals surface area contributed by atoms with Crippen molar-refractivity contribution < 1.29 is 4.42 Å². The summed E-state index contributed by atoms with van der Waals surface area (Å²) in [5.41, 5.74) is 7.25. The van der Waals surface area contributed by atoms with Crippen LogP contribution in [0.4, 0.5) is 0 Å². The Morgan fingerprint density at radius 3 is 2.38 bits per heavy atom. The molecule has 3 nitrogen and oxygen atoms in total. The number of benzene rings is 3. The highest BCUT2D eigenvalue weighted by atomic mass is 16.3. The molecule has 0 aliphatic heterocycles. The lowest BCUT2D eigenvalue weighted by Crippen LogP contribution is -2.20. The van der Waals surface area contributed by atoms with Gasteiger partial charge in [0.05, 0.1) is 12.0 Å². The van der Waals surface area contributed by atoms with Crippen LogP contribution in [-0.4, -0.2) is 9.78 Å². The average Bonchev–Trinajstić information content (AvgIpc) is 3.42. The second-order valence-corrected chi connectivity index (χ2v) is 9.60. The van der Waals surface area contributed by atoms with E-state index in [4.69, 9.17) is 9.52 Å². The molecule has 0 radical (unpaired) electrons. The normalized spacial score (nSPS) is 12.6. The van der Waals surface area contributed by atoms with Gasteiger partial charge in [-0.25, -0.2) is 0 Å². The van der Waals surface area contributed by atoms with E-state index in [0.29, 0.717) is 5.92 Å². The number of aromatic nitrogens is 2. The van der Waals surface area contributed by atoms with Gasteiger partial charge >= 0.3 is 0 Å². The molecule has 0 amide bonds. The summed E-state index contributed by atoms with van der Waals surface area (Å²) in [6.45, 7) is 11.5. The van der Waals surface area contributed by atoms with Gasteiger partial charge in [0.2, 0.25) is 0 Å². The summed E-state index contributed by atoms with van der Waals surface area (Å²) in [6, 6.07) is 17.5. The highest BCUT2D eigenvalue weighted by molar-refractivity contribution is 6.26. The maximum absolute atomic E-state index is 6.12. The summed E-state index contributed by atoms with van der Waals surface area (Å²) in [5.74, 6) is 0.426. The minimum absolute atomic E-state index is 0.0836. The first-order valence-corrected chi connectivity index (χ1v) is 11.8. The molecule has 0 spiro atoms. The minimum atomic E-state index is 0.0836. The van der Waals surface area contributed by atoms with E-state index in [9.17, 15) is 0 Å². The summed E-state index contributed by atoms with van der Waals surface area (Å²) in [6.07, 6.45) is 3.98. The molecule has 0 atom stereocenters. The van der Waals surface area contributed by atoms with E-state index >= 15 is 0 Å². The molecular weight excluding hydrogens is 392 g/mol. The maximum atomic E-state index is 6.12. The highest BCUT2D eigenvalue weighted by Crippen LogP contribution is 2.45. The Labute approximate surface area is 190 Å². The van der Waals surface area contributed by atoms with Crippen LogP contribution in [0.5, 0.6) is 0 Å². The van der Waals surface area contributed by atoms with Crippen molar-refractivity contribution in [2.24, 2.45) is 7.05 Å². The van der Waals surface area contributed by atoms with Crippen LogP contribution < -0.4 is 0 Å². The molecule has 0 unspecified atom stereocenters. The minimum Gasteiger partial charge on any atom is -0.464 e. The van der Waals surface area contributed by atoms with E-state index in [2.05, 4.69) is 94.9 Å². The SMILES string of the molecule is CCC(C)(CC)c1cccc2c3occc3c3c(-c4ccccc4C(C)C)n(C)nc3c12. The van der Waals surface area contributed by atoms with Crippen LogP contribution in [0.25, 0.3) is 43.9 Å². The van der Waals surface area contributed by atoms with Crippen molar-refractivity contribution in [2.75, 3.05) is 0 Å². The van der Waals surface area contributed by atoms with Crippen LogP contribution in [0.3, 0.4) is 0 Å². The van der Waals surface area contributed by atoms with Gasteiger partial charge in [0.15, 0.2) is 0 Å². The van der Waals surface area contributed by atoms with Gasteiger partial charge in [0.1, 0.15) is 11.1 Å². The van der Waals surface area contributed by atoms with Crippen LogP contribution in [0.2, 0.25) is 0 Å². The number of furan rings is 1. The predicted octanol–water partition coefficient (Wildman–Crippen LogP) is 8.34. The first-order valence-electron chi connectivity index (χ1n) is 11.8. The van der Waals surface area contributed by atoms with Gasteiger partial charge in [-0.1, -0.05) is 77.1 Å². The van der Waals surface area contributed by atoms with Crippen LogP contribution in [0.1, 0.15) is 64.5 Å². The van der Waals surface area contributed by atoms with Crippen LogP contribution >= 0.6 is 0 Å². The lowest BCUT2D eigenvalue weighted by atomic mass is 9.75. The fourth-order valence-corrected chi connectivity index (χ4v) is 5.32. The first kappa shape index (κ1) is 20.8. The zero-order valence-electron chi connectivity index (χ0n) is 20.0. The van der Waals surface area contributed by atoms with Crippen molar-refractivity contribution in [3.63, 3.8) is 0 Å². The maximum Gasteiger partial charge on any atom is 0.142 e. The summed E-state index contributed by atoms with van der Waals surface area (Å²) in [4.78, 5) is 0. The smallest absolute Gasteiger partial charge is 0.142 e. The highest BCUT2D eigenvalue weighted by Gasteiger charge is 2.29. The van der Waals surface area contributed by atoms with Crippen molar-refractivity contribution in [2.45, 2.75) is 58.8 Å². The fourth-order valence-electron chi connectivity index (χ4n) is 5.32. The van der Waals surface area contributed by atoms with Crippen molar-refractivity contribution in [3.05, 3.63) is 65.9 Å². The Hall–Kier alpha value is -3.07. The van der Waals surface area contributed by atoms with E-state index in [0.717, 1.165) is 34.7 Å². The van der Waals surface area contributed by atoms with Gasteiger partial charge < -0.3 is 4.42 Å². The summed E-state index contributed by atoms with van der Waals surface area (Å²) < 4.78 is 8.19. The lowest BCUT2D eigenvalue weighted by Gasteiger charge is -2.29. The summed E-state index contributed by atoms with van der Waals surface area (Å²) in [7, 11) is 2.08. The van der Waals surface area contributed by atoms with E-state index in [1.807, 2.05) is 6.26 Å². The monoisotopic (exact) mass is 424 g/mol. The number of hydrogen-bond acceptors (Lipinski definition) is 2. The molecule has 3 aromatic carbocycles.